The van der Waals surface area contributed by atoms with Crippen molar-refractivity contribution in [3.63, 3.8) is 0 Å². The summed E-state index contributed by atoms with van der Waals surface area (Å²) < 4.78 is 27.6. The van der Waals surface area contributed by atoms with Crippen LogP contribution in [0, 0.1) is 19.3 Å². The van der Waals surface area contributed by atoms with Crippen molar-refractivity contribution in [1.82, 2.24) is 4.72 Å². The van der Waals surface area contributed by atoms with Gasteiger partial charge in [-0.1, -0.05) is 15.9 Å². The maximum Gasteiger partial charge on any atom is 0.241 e. The van der Waals surface area contributed by atoms with Gasteiger partial charge in [0.15, 0.2) is 0 Å². The Morgan fingerprint density at radius 1 is 1.35 bits per heavy atom. The van der Waals surface area contributed by atoms with Crippen LogP contribution in [0.1, 0.15) is 12.0 Å². The van der Waals surface area contributed by atoms with Gasteiger partial charge >= 0.3 is 0 Å². The van der Waals surface area contributed by atoms with Crippen LogP contribution in [0.5, 0.6) is 0 Å². The molecule has 17 heavy (non-hydrogen) atoms. The second kappa shape index (κ2) is 6.01. The lowest BCUT2D eigenvalue weighted by atomic mass is 10.2. The van der Waals surface area contributed by atoms with Crippen LogP contribution >= 0.6 is 31.9 Å². The molecule has 0 radical (unpaired) electrons. The summed E-state index contributed by atoms with van der Waals surface area (Å²) in [6.07, 6.45) is 5.43. The molecule has 0 spiro atoms. The van der Waals surface area contributed by atoms with E-state index in [1.54, 1.807) is 12.1 Å². The molecule has 0 heterocycles. The Morgan fingerprint density at radius 3 is 2.59 bits per heavy atom. The van der Waals surface area contributed by atoms with E-state index in [4.69, 9.17) is 6.42 Å². The van der Waals surface area contributed by atoms with Gasteiger partial charge in [-0.2, -0.15) is 0 Å². The van der Waals surface area contributed by atoms with Crippen molar-refractivity contribution in [3.8, 4) is 12.3 Å². The van der Waals surface area contributed by atoms with Gasteiger partial charge in [-0.3, -0.25) is 0 Å². The molecule has 0 saturated carbocycles. The minimum absolute atomic E-state index is 0.201. The lowest BCUT2D eigenvalue weighted by molar-refractivity contribution is 0.582. The average molecular weight is 381 g/mol. The van der Waals surface area contributed by atoms with E-state index < -0.39 is 10.0 Å². The van der Waals surface area contributed by atoms with Crippen LogP contribution < -0.4 is 4.72 Å². The van der Waals surface area contributed by atoms with Crippen LogP contribution in [0.4, 0.5) is 0 Å². The quantitative estimate of drug-likeness (QED) is 0.644. The summed E-state index contributed by atoms with van der Waals surface area (Å²) in [7, 11) is -3.52. The molecular formula is C11H11Br2NO2S. The molecule has 0 bridgehead atoms. The molecule has 6 heteroatoms. The molecule has 0 aliphatic carbocycles. The molecule has 1 aromatic rings. The number of aryl methyl sites for hydroxylation is 1. The van der Waals surface area contributed by atoms with E-state index in [0.29, 0.717) is 10.9 Å². The smallest absolute Gasteiger partial charge is 0.210 e. The first-order valence-corrected chi connectivity index (χ1v) is 7.84. The second-order valence-electron chi connectivity index (χ2n) is 3.38. The molecule has 0 saturated heterocycles. The minimum atomic E-state index is -3.52. The molecule has 1 aromatic carbocycles. The van der Waals surface area contributed by atoms with Crippen LogP contribution in [0.3, 0.4) is 0 Å². The third-order valence-corrected chi connectivity index (χ3v) is 5.34. The maximum atomic E-state index is 12.0. The summed E-state index contributed by atoms with van der Waals surface area (Å²) >= 11 is 6.55. The lowest BCUT2D eigenvalue weighted by Gasteiger charge is -2.09. The molecule has 0 fully saturated rings. The van der Waals surface area contributed by atoms with Gasteiger partial charge in [-0.05, 0) is 40.5 Å². The fraction of sp³-hybridized carbons (Fsp3) is 0.273. The Bertz CT molecular complexity index is 562. The van der Waals surface area contributed by atoms with Gasteiger partial charge < -0.3 is 0 Å². The second-order valence-corrected chi connectivity index (χ2v) is 6.83. The number of sulfonamides is 1. The number of nitrogens with one attached hydrogen (secondary N) is 1. The highest BCUT2D eigenvalue weighted by atomic mass is 79.9. The third-order valence-electron chi connectivity index (χ3n) is 2.06. The molecule has 0 unspecified atom stereocenters. The first kappa shape index (κ1) is 14.7. The summed E-state index contributed by atoms with van der Waals surface area (Å²) in [5.74, 6) is 2.38. The van der Waals surface area contributed by atoms with Crippen molar-refractivity contribution in [2.24, 2.45) is 0 Å². The van der Waals surface area contributed by atoms with E-state index in [0.717, 1.165) is 10.0 Å². The molecule has 0 atom stereocenters. The van der Waals surface area contributed by atoms with Gasteiger partial charge in [0.25, 0.3) is 0 Å². The fourth-order valence-corrected chi connectivity index (χ4v) is 3.88. The van der Waals surface area contributed by atoms with Gasteiger partial charge in [-0.25, -0.2) is 13.1 Å². The summed E-state index contributed by atoms with van der Waals surface area (Å²) in [6.45, 7) is 2.12. The topological polar surface area (TPSA) is 46.2 Å². The monoisotopic (exact) mass is 379 g/mol. The average Bonchev–Trinajstić information content (AvgIpc) is 2.23. The zero-order valence-corrected chi connectivity index (χ0v) is 13.1. The van der Waals surface area contributed by atoms with Crippen LogP contribution in [0.2, 0.25) is 0 Å². The van der Waals surface area contributed by atoms with E-state index in [1.165, 1.54) is 0 Å². The first-order valence-electron chi connectivity index (χ1n) is 4.77. The number of halogens is 2. The van der Waals surface area contributed by atoms with E-state index in [1.807, 2.05) is 6.92 Å². The third kappa shape index (κ3) is 3.81. The Morgan fingerprint density at radius 2 is 2.00 bits per heavy atom. The number of benzene rings is 1. The molecule has 3 nitrogen and oxygen atoms in total. The van der Waals surface area contributed by atoms with E-state index in [-0.39, 0.29) is 11.4 Å². The SMILES string of the molecule is C#CCCNS(=O)(=O)c1cc(Br)c(C)cc1Br. The molecule has 0 aliphatic rings. The van der Waals surface area contributed by atoms with Crippen molar-refractivity contribution < 1.29 is 8.42 Å². The lowest BCUT2D eigenvalue weighted by Crippen LogP contribution is -2.25. The molecule has 1 rings (SSSR count). The normalized spacial score (nSPS) is 11.2. The van der Waals surface area contributed by atoms with E-state index >= 15 is 0 Å². The number of terminal acetylenes is 1. The molecule has 0 amide bonds. The van der Waals surface area contributed by atoms with Crippen molar-refractivity contribution in [2.75, 3.05) is 6.54 Å². The maximum absolute atomic E-state index is 12.0. The zero-order valence-electron chi connectivity index (χ0n) is 9.13. The van der Waals surface area contributed by atoms with Gasteiger partial charge in [-0.15, -0.1) is 12.3 Å². The van der Waals surface area contributed by atoms with Gasteiger partial charge in [0.05, 0.1) is 4.90 Å². The summed E-state index contributed by atoms with van der Waals surface area (Å²) in [5, 5.41) is 0. The zero-order chi connectivity index (χ0) is 13.1. The van der Waals surface area contributed by atoms with Gasteiger partial charge in [0.2, 0.25) is 10.0 Å². The Balaban J connectivity index is 3.08. The van der Waals surface area contributed by atoms with Crippen LogP contribution in [-0.2, 0) is 10.0 Å². The first-order chi connectivity index (χ1) is 7.88. The van der Waals surface area contributed by atoms with Crippen LogP contribution in [-0.4, -0.2) is 15.0 Å². The Labute approximate surface area is 118 Å². The van der Waals surface area contributed by atoms with Crippen LogP contribution in [0.15, 0.2) is 26.0 Å². The molecule has 1 N–H and O–H groups in total. The Hall–Kier alpha value is -0.350. The minimum Gasteiger partial charge on any atom is -0.210 e. The highest BCUT2D eigenvalue weighted by molar-refractivity contribution is 9.11. The summed E-state index contributed by atoms with van der Waals surface area (Å²) in [6, 6.07) is 3.32. The Kier molecular flexibility index (Phi) is 5.20. The number of hydrogen-bond acceptors (Lipinski definition) is 2. The standard InChI is InChI=1S/C11H11Br2NO2S/c1-3-4-5-14-17(15,16)11-7-9(12)8(2)6-10(11)13/h1,6-7,14H,4-5H2,2H3. The highest BCUT2D eigenvalue weighted by Crippen LogP contribution is 2.28. The van der Waals surface area contributed by atoms with Crippen molar-refractivity contribution in [1.29, 1.82) is 0 Å². The predicted octanol–water partition coefficient (Wildman–Crippen LogP) is 2.82. The number of rotatable bonds is 4. The summed E-state index contributed by atoms with van der Waals surface area (Å²) in [5.41, 5.74) is 0.958. The van der Waals surface area contributed by atoms with Gasteiger partial charge in [0.1, 0.15) is 0 Å². The fourth-order valence-electron chi connectivity index (χ4n) is 1.17. The molecule has 92 valence electrons. The largest absolute Gasteiger partial charge is 0.241 e. The predicted molar refractivity (Wildman–Crippen MR) is 75.2 cm³/mol. The molecular weight excluding hydrogens is 370 g/mol. The molecule has 0 aromatic heterocycles. The highest BCUT2D eigenvalue weighted by Gasteiger charge is 2.18. The van der Waals surface area contributed by atoms with Crippen molar-refractivity contribution in [3.05, 3.63) is 26.6 Å². The number of hydrogen-bond donors (Lipinski definition) is 1. The summed E-state index contributed by atoms with van der Waals surface area (Å²) in [4.78, 5) is 0.201. The van der Waals surface area contributed by atoms with Crippen molar-refractivity contribution >= 4 is 41.9 Å². The van der Waals surface area contributed by atoms with E-state index in [2.05, 4.69) is 42.5 Å². The van der Waals surface area contributed by atoms with Crippen LogP contribution in [0.25, 0.3) is 0 Å². The molecule has 0 aliphatic heterocycles. The van der Waals surface area contributed by atoms with E-state index in [9.17, 15) is 8.42 Å². The van der Waals surface area contributed by atoms with Crippen molar-refractivity contribution in [2.45, 2.75) is 18.2 Å². The van der Waals surface area contributed by atoms with Gasteiger partial charge in [0, 0.05) is 21.9 Å².